The second-order valence-corrected chi connectivity index (χ2v) is 8.02. The Balaban J connectivity index is 0.00000134. The summed E-state index contributed by atoms with van der Waals surface area (Å²) in [5, 5.41) is 0. The highest BCUT2D eigenvalue weighted by atomic mass is 32.1. The standard InChI is InChI=1S/C18H21FS2.2C2H6/c1-13-4-5-14(10-17(2,20)9-8-13)15-6-7-16(19)12-18(3,21)11-15;2*1-2/h4-13,20-21H,1-3H3;2*1-2H3/b5-4-,9-8-,14-10+;;/t13-,17?,18?;;/m0../s1. The van der Waals surface area contributed by atoms with Gasteiger partial charge in [-0.25, -0.2) is 4.39 Å². The summed E-state index contributed by atoms with van der Waals surface area (Å²) < 4.78 is 12.7. The lowest BCUT2D eigenvalue weighted by molar-refractivity contribution is 0.658. The maximum absolute atomic E-state index is 13.7. The van der Waals surface area contributed by atoms with E-state index in [0.29, 0.717) is 5.92 Å². The Morgan fingerprint density at radius 1 is 0.800 bits per heavy atom. The number of halogens is 1. The zero-order valence-electron chi connectivity index (χ0n) is 16.5. The Morgan fingerprint density at radius 2 is 1.32 bits per heavy atom. The van der Waals surface area contributed by atoms with Crippen molar-refractivity contribution in [2.24, 2.45) is 5.92 Å². The van der Waals surface area contributed by atoms with Gasteiger partial charge in [0.1, 0.15) is 5.83 Å². The summed E-state index contributed by atoms with van der Waals surface area (Å²) in [6.07, 6.45) is 17.3. The first-order valence-electron chi connectivity index (χ1n) is 9.02. The topological polar surface area (TPSA) is 0 Å². The second-order valence-electron chi connectivity index (χ2n) is 6.09. The van der Waals surface area contributed by atoms with Gasteiger partial charge in [0.15, 0.2) is 0 Å². The average Bonchev–Trinajstić information content (AvgIpc) is 2.69. The molecule has 3 heteroatoms. The molecule has 2 rings (SSSR count). The highest BCUT2D eigenvalue weighted by Gasteiger charge is 2.20. The summed E-state index contributed by atoms with van der Waals surface area (Å²) in [6, 6.07) is 0. The molecule has 0 aromatic heterocycles. The van der Waals surface area contributed by atoms with Gasteiger partial charge < -0.3 is 0 Å². The van der Waals surface area contributed by atoms with Crippen LogP contribution in [0.15, 0.2) is 71.7 Å². The van der Waals surface area contributed by atoms with E-state index >= 15 is 0 Å². The summed E-state index contributed by atoms with van der Waals surface area (Å²) in [5.41, 5.74) is 1.98. The molecule has 2 unspecified atom stereocenters. The van der Waals surface area contributed by atoms with Crippen LogP contribution in [0.2, 0.25) is 0 Å². The Labute approximate surface area is 165 Å². The van der Waals surface area contributed by atoms with Crippen LogP contribution in [0.5, 0.6) is 0 Å². The lowest BCUT2D eigenvalue weighted by Crippen LogP contribution is -2.13. The monoisotopic (exact) mass is 380 g/mol. The quantitative estimate of drug-likeness (QED) is 0.342. The zero-order valence-corrected chi connectivity index (χ0v) is 18.3. The first-order chi connectivity index (χ1) is 11.7. The van der Waals surface area contributed by atoms with E-state index in [-0.39, 0.29) is 10.6 Å². The van der Waals surface area contributed by atoms with Gasteiger partial charge in [-0.2, -0.15) is 25.3 Å². The molecule has 0 aromatic carbocycles. The highest BCUT2D eigenvalue weighted by molar-refractivity contribution is 7.82. The van der Waals surface area contributed by atoms with Gasteiger partial charge in [0, 0.05) is 9.49 Å². The van der Waals surface area contributed by atoms with Crippen LogP contribution in [-0.2, 0) is 0 Å². The molecule has 2 aliphatic carbocycles. The number of hydrogen-bond acceptors (Lipinski definition) is 2. The maximum atomic E-state index is 13.7. The second kappa shape index (κ2) is 10.9. The zero-order chi connectivity index (χ0) is 19.7. The third kappa shape index (κ3) is 8.82. The van der Waals surface area contributed by atoms with Crippen LogP contribution in [0, 0.1) is 5.92 Å². The van der Waals surface area contributed by atoms with Crippen molar-refractivity contribution in [2.45, 2.75) is 58.0 Å². The predicted molar refractivity (Wildman–Crippen MR) is 119 cm³/mol. The SMILES string of the molecule is CC.CC.C[C@H]1/C=C\C(C2=CC(C)(S)C=C(F)C=C2)=C/C(C)(S)/C=C\1. The van der Waals surface area contributed by atoms with Crippen LogP contribution in [0.3, 0.4) is 0 Å². The van der Waals surface area contributed by atoms with E-state index in [0.717, 1.165) is 11.1 Å². The molecule has 0 saturated heterocycles. The minimum Gasteiger partial charge on any atom is -0.207 e. The van der Waals surface area contributed by atoms with Crippen molar-refractivity contribution < 1.29 is 4.39 Å². The Morgan fingerprint density at radius 3 is 1.92 bits per heavy atom. The first kappa shape index (κ1) is 24.1. The third-order valence-corrected chi connectivity index (χ3v) is 3.93. The van der Waals surface area contributed by atoms with Crippen molar-refractivity contribution in [1.82, 2.24) is 0 Å². The van der Waals surface area contributed by atoms with Crippen LogP contribution >= 0.6 is 25.3 Å². The van der Waals surface area contributed by atoms with Gasteiger partial charge in [-0.15, -0.1) is 0 Å². The van der Waals surface area contributed by atoms with Gasteiger partial charge >= 0.3 is 0 Å². The molecule has 25 heavy (non-hydrogen) atoms. The van der Waals surface area contributed by atoms with Crippen molar-refractivity contribution in [3.63, 3.8) is 0 Å². The van der Waals surface area contributed by atoms with Crippen LogP contribution in [-0.4, -0.2) is 9.49 Å². The molecule has 0 aromatic rings. The predicted octanol–water partition coefficient (Wildman–Crippen LogP) is 7.45. The Hall–Kier alpha value is -0.930. The summed E-state index contributed by atoms with van der Waals surface area (Å²) in [7, 11) is 0. The molecule has 3 atom stereocenters. The van der Waals surface area contributed by atoms with Crippen LogP contribution in [0.1, 0.15) is 48.5 Å². The molecule has 0 heterocycles. The molecule has 140 valence electrons. The van der Waals surface area contributed by atoms with Crippen LogP contribution < -0.4 is 0 Å². The van der Waals surface area contributed by atoms with Gasteiger partial charge in [-0.3, -0.25) is 0 Å². The van der Waals surface area contributed by atoms with E-state index < -0.39 is 4.75 Å². The maximum Gasteiger partial charge on any atom is 0.120 e. The molecular weight excluding hydrogens is 347 g/mol. The lowest BCUT2D eigenvalue weighted by Gasteiger charge is -2.21. The summed E-state index contributed by atoms with van der Waals surface area (Å²) in [4.78, 5) is 0. The van der Waals surface area contributed by atoms with Crippen molar-refractivity contribution in [3.8, 4) is 0 Å². The van der Waals surface area contributed by atoms with Gasteiger partial charge in [0.2, 0.25) is 0 Å². The van der Waals surface area contributed by atoms with Gasteiger partial charge in [-0.1, -0.05) is 77.2 Å². The molecule has 0 N–H and O–H groups in total. The Bertz CT molecular complexity index is 600. The first-order valence-corrected chi connectivity index (χ1v) is 9.91. The molecular formula is C22H33FS2. The molecule has 0 saturated carbocycles. The van der Waals surface area contributed by atoms with Gasteiger partial charge in [-0.05, 0) is 43.1 Å². The molecule has 0 nitrogen and oxygen atoms in total. The summed E-state index contributed by atoms with van der Waals surface area (Å²) >= 11 is 9.20. The van der Waals surface area contributed by atoms with Gasteiger partial charge in [0.05, 0.1) is 0 Å². The highest BCUT2D eigenvalue weighted by Crippen LogP contribution is 2.32. The van der Waals surface area contributed by atoms with Crippen molar-refractivity contribution in [3.05, 3.63) is 71.7 Å². The fraction of sp³-hybridized carbons (Fsp3) is 0.455. The minimum atomic E-state index is -0.617. The molecule has 0 bridgehead atoms. The van der Waals surface area contributed by atoms with E-state index in [2.05, 4.69) is 62.6 Å². The number of thiol groups is 2. The van der Waals surface area contributed by atoms with E-state index in [1.807, 2.05) is 47.6 Å². The van der Waals surface area contributed by atoms with E-state index in [1.54, 1.807) is 6.08 Å². The normalized spacial score (nSPS) is 35.6. The van der Waals surface area contributed by atoms with Crippen LogP contribution in [0.25, 0.3) is 0 Å². The molecule has 2 aliphatic rings. The van der Waals surface area contributed by atoms with E-state index in [9.17, 15) is 4.39 Å². The fourth-order valence-electron chi connectivity index (χ4n) is 2.34. The van der Waals surface area contributed by atoms with Gasteiger partial charge in [0.25, 0.3) is 0 Å². The average molecular weight is 381 g/mol. The molecule has 0 aliphatic heterocycles. The van der Waals surface area contributed by atoms with E-state index in [1.165, 1.54) is 12.2 Å². The largest absolute Gasteiger partial charge is 0.207 e. The fourth-order valence-corrected chi connectivity index (χ4v) is 2.83. The molecule has 0 amide bonds. The Kier molecular flexibility index (Phi) is 10.5. The van der Waals surface area contributed by atoms with Crippen LogP contribution in [0.4, 0.5) is 4.39 Å². The lowest BCUT2D eigenvalue weighted by atomic mass is 9.93. The van der Waals surface area contributed by atoms with Crippen molar-refractivity contribution in [2.75, 3.05) is 0 Å². The number of allylic oxidation sites excluding steroid dienone is 8. The molecule has 0 fully saturated rings. The smallest absolute Gasteiger partial charge is 0.120 e. The molecule has 0 radical (unpaired) electrons. The number of hydrogen-bond donors (Lipinski definition) is 2. The van der Waals surface area contributed by atoms with E-state index in [4.69, 9.17) is 0 Å². The third-order valence-electron chi connectivity index (χ3n) is 3.40. The van der Waals surface area contributed by atoms with Crippen molar-refractivity contribution >= 4 is 25.3 Å². The molecule has 0 spiro atoms. The minimum absolute atomic E-state index is 0.268. The summed E-state index contributed by atoms with van der Waals surface area (Å²) in [6.45, 7) is 14.0. The number of rotatable bonds is 1. The van der Waals surface area contributed by atoms with Crippen molar-refractivity contribution in [1.29, 1.82) is 0 Å². The summed E-state index contributed by atoms with van der Waals surface area (Å²) in [5.74, 6) is 0.0730.